The number of esters is 1. The van der Waals surface area contributed by atoms with E-state index in [9.17, 15) is 4.79 Å². The molecule has 0 amide bonds. The van der Waals surface area contributed by atoms with Gasteiger partial charge >= 0.3 is 5.97 Å². The van der Waals surface area contributed by atoms with Crippen LogP contribution in [-0.4, -0.2) is 37.0 Å². The lowest BCUT2D eigenvalue weighted by atomic mass is 10.2. The lowest BCUT2D eigenvalue weighted by molar-refractivity contribution is 0.0524. The lowest BCUT2D eigenvalue weighted by Gasteiger charge is -2.15. The number of hydrogen-bond donors (Lipinski definition) is 0. The molecule has 118 valence electrons. The molecule has 0 radical (unpaired) electrons. The van der Waals surface area contributed by atoms with E-state index in [1.807, 2.05) is 6.92 Å². The molecule has 21 heavy (non-hydrogen) atoms. The van der Waals surface area contributed by atoms with Crippen LogP contribution in [0.3, 0.4) is 0 Å². The van der Waals surface area contributed by atoms with Crippen molar-refractivity contribution in [3.8, 4) is 0 Å². The molecule has 5 nitrogen and oxygen atoms in total. The van der Waals surface area contributed by atoms with E-state index in [4.69, 9.17) is 9.47 Å². The van der Waals surface area contributed by atoms with Crippen LogP contribution >= 0.6 is 0 Å². The normalized spacial score (nSPS) is 15.2. The van der Waals surface area contributed by atoms with Crippen LogP contribution < -0.4 is 0 Å². The summed E-state index contributed by atoms with van der Waals surface area (Å²) in [6, 6.07) is 1.13. The molecule has 6 heteroatoms. The Labute approximate surface area is 127 Å². The molecule has 0 unspecified atom stereocenters. The van der Waals surface area contributed by atoms with Gasteiger partial charge in [-0.1, -0.05) is 19.6 Å². The molecule has 1 aromatic rings. The maximum atomic E-state index is 12.0. The number of aromatic nitrogens is 2. The second kappa shape index (κ2) is 6.75. The van der Waals surface area contributed by atoms with Crippen LogP contribution in [0.25, 0.3) is 0 Å². The summed E-state index contributed by atoms with van der Waals surface area (Å²) in [5.41, 5.74) is 1.48. The summed E-state index contributed by atoms with van der Waals surface area (Å²) in [6.45, 7) is 10.4. The van der Waals surface area contributed by atoms with Crippen LogP contribution in [0.5, 0.6) is 0 Å². The minimum Gasteiger partial charge on any atom is -0.462 e. The number of carbonyl (C=O) groups excluding carboxylic acids is 1. The SMILES string of the molecule is CCOC(=O)c1cn(COCC[Si](C)(C)C)nc1C1CC1. The zero-order valence-corrected chi connectivity index (χ0v) is 14.5. The van der Waals surface area contributed by atoms with Crippen molar-refractivity contribution in [1.29, 1.82) is 0 Å². The van der Waals surface area contributed by atoms with Gasteiger partial charge in [-0.15, -0.1) is 0 Å². The second-order valence-electron chi connectivity index (χ2n) is 6.81. The van der Waals surface area contributed by atoms with Gasteiger partial charge in [-0.25, -0.2) is 9.48 Å². The van der Waals surface area contributed by atoms with Gasteiger partial charge in [0, 0.05) is 26.8 Å². The molecular weight excluding hydrogens is 284 g/mol. The Morgan fingerprint density at radius 2 is 2.14 bits per heavy atom. The zero-order valence-electron chi connectivity index (χ0n) is 13.5. The van der Waals surface area contributed by atoms with Crippen LogP contribution in [0.2, 0.25) is 25.7 Å². The summed E-state index contributed by atoms with van der Waals surface area (Å²) in [6.07, 6.45) is 3.99. The van der Waals surface area contributed by atoms with Gasteiger partial charge in [-0.05, 0) is 25.8 Å². The van der Waals surface area contributed by atoms with Crippen molar-refractivity contribution in [3.05, 3.63) is 17.5 Å². The van der Waals surface area contributed by atoms with Gasteiger partial charge in [0.25, 0.3) is 0 Å². The molecule has 1 heterocycles. The molecule has 2 rings (SSSR count). The Morgan fingerprint density at radius 3 is 2.71 bits per heavy atom. The Hall–Kier alpha value is -1.14. The van der Waals surface area contributed by atoms with Crippen molar-refractivity contribution in [2.75, 3.05) is 13.2 Å². The molecule has 1 aliphatic rings. The highest BCUT2D eigenvalue weighted by Gasteiger charge is 2.32. The van der Waals surface area contributed by atoms with Crippen LogP contribution in [0.4, 0.5) is 0 Å². The lowest BCUT2D eigenvalue weighted by Crippen LogP contribution is -2.22. The molecule has 0 aromatic carbocycles. The highest BCUT2D eigenvalue weighted by atomic mass is 28.3. The van der Waals surface area contributed by atoms with E-state index in [1.165, 1.54) is 0 Å². The van der Waals surface area contributed by atoms with Crippen molar-refractivity contribution in [2.24, 2.45) is 0 Å². The molecule has 0 bridgehead atoms. The predicted octanol–water partition coefficient (Wildman–Crippen LogP) is 3.25. The van der Waals surface area contributed by atoms with E-state index in [1.54, 1.807) is 10.9 Å². The summed E-state index contributed by atoms with van der Waals surface area (Å²) in [5.74, 6) is 0.153. The number of ether oxygens (including phenoxy) is 2. The summed E-state index contributed by atoms with van der Waals surface area (Å²) >= 11 is 0. The van der Waals surface area contributed by atoms with E-state index in [0.717, 1.165) is 31.2 Å². The molecule has 0 aliphatic heterocycles. The maximum absolute atomic E-state index is 12.0. The Morgan fingerprint density at radius 1 is 1.43 bits per heavy atom. The van der Waals surface area contributed by atoms with E-state index >= 15 is 0 Å². The third kappa shape index (κ3) is 4.96. The summed E-state index contributed by atoms with van der Waals surface area (Å²) in [5, 5.41) is 4.51. The molecule has 1 fully saturated rings. The largest absolute Gasteiger partial charge is 0.462 e. The highest BCUT2D eigenvalue weighted by Crippen LogP contribution is 2.40. The number of nitrogens with zero attached hydrogens (tertiary/aromatic N) is 2. The van der Waals surface area contributed by atoms with Crippen LogP contribution in [-0.2, 0) is 16.2 Å². The van der Waals surface area contributed by atoms with Crippen molar-refractivity contribution in [1.82, 2.24) is 9.78 Å². The van der Waals surface area contributed by atoms with E-state index in [-0.39, 0.29) is 5.97 Å². The van der Waals surface area contributed by atoms with E-state index in [0.29, 0.717) is 24.8 Å². The van der Waals surface area contributed by atoms with Crippen LogP contribution in [0, 0.1) is 0 Å². The van der Waals surface area contributed by atoms with Gasteiger partial charge < -0.3 is 9.47 Å². The minimum absolute atomic E-state index is 0.271. The average molecular weight is 310 g/mol. The van der Waals surface area contributed by atoms with Gasteiger partial charge in [0.05, 0.1) is 12.3 Å². The Bertz CT molecular complexity index is 490. The first-order chi connectivity index (χ1) is 9.90. The summed E-state index contributed by atoms with van der Waals surface area (Å²) in [7, 11) is -1.07. The molecule has 0 N–H and O–H groups in total. The zero-order chi connectivity index (χ0) is 15.5. The molecule has 1 saturated carbocycles. The Kier molecular flexibility index (Phi) is 5.21. The fourth-order valence-electron chi connectivity index (χ4n) is 2.06. The van der Waals surface area contributed by atoms with Gasteiger partial charge in [0.15, 0.2) is 0 Å². The molecule has 0 spiro atoms. The summed E-state index contributed by atoms with van der Waals surface area (Å²) < 4.78 is 12.5. The smallest absolute Gasteiger partial charge is 0.341 e. The van der Waals surface area contributed by atoms with Gasteiger partial charge in [-0.2, -0.15) is 5.10 Å². The first-order valence-corrected chi connectivity index (χ1v) is 11.4. The first kappa shape index (κ1) is 16.2. The fourth-order valence-corrected chi connectivity index (χ4v) is 2.82. The van der Waals surface area contributed by atoms with Crippen molar-refractivity contribution < 1.29 is 14.3 Å². The van der Waals surface area contributed by atoms with E-state index < -0.39 is 8.07 Å². The van der Waals surface area contributed by atoms with Crippen molar-refractivity contribution in [2.45, 2.75) is 58.1 Å². The quantitative estimate of drug-likeness (QED) is 0.420. The second-order valence-corrected chi connectivity index (χ2v) is 12.4. The topological polar surface area (TPSA) is 53.4 Å². The van der Waals surface area contributed by atoms with Crippen molar-refractivity contribution in [3.63, 3.8) is 0 Å². The van der Waals surface area contributed by atoms with Gasteiger partial charge in [-0.3, -0.25) is 0 Å². The van der Waals surface area contributed by atoms with E-state index in [2.05, 4.69) is 24.7 Å². The average Bonchev–Trinajstić information content (AvgIpc) is 3.14. The van der Waals surface area contributed by atoms with Crippen LogP contribution in [0.1, 0.15) is 41.7 Å². The summed E-state index contributed by atoms with van der Waals surface area (Å²) in [4.78, 5) is 12.0. The van der Waals surface area contributed by atoms with Crippen molar-refractivity contribution >= 4 is 14.0 Å². The number of hydrogen-bond acceptors (Lipinski definition) is 4. The number of rotatable bonds is 8. The molecule has 1 aliphatic carbocycles. The highest BCUT2D eigenvalue weighted by molar-refractivity contribution is 6.76. The maximum Gasteiger partial charge on any atom is 0.341 e. The molecular formula is C15H26N2O3Si. The minimum atomic E-state index is -1.07. The van der Waals surface area contributed by atoms with Gasteiger partial charge in [0.1, 0.15) is 12.3 Å². The third-order valence-corrected chi connectivity index (χ3v) is 5.17. The predicted molar refractivity (Wildman–Crippen MR) is 84.3 cm³/mol. The standard InChI is InChI=1S/C15H26N2O3Si/c1-5-20-15(18)13-10-17(16-14(13)12-6-7-12)11-19-8-9-21(2,3)4/h10,12H,5-9,11H2,1-4H3. The molecule has 0 saturated heterocycles. The number of carbonyl (C=O) groups is 1. The molecule has 0 atom stereocenters. The fraction of sp³-hybridized carbons (Fsp3) is 0.733. The van der Waals surface area contributed by atoms with Crippen LogP contribution in [0.15, 0.2) is 6.20 Å². The molecule has 1 aromatic heterocycles. The monoisotopic (exact) mass is 310 g/mol. The Balaban J connectivity index is 1.94. The van der Waals surface area contributed by atoms with Gasteiger partial charge in [0.2, 0.25) is 0 Å². The first-order valence-electron chi connectivity index (χ1n) is 7.73. The third-order valence-electron chi connectivity index (χ3n) is 3.47.